The molecule has 7 nitrogen and oxygen atoms in total. The largest absolute Gasteiger partial charge is 0.495 e. The second-order valence-electron chi connectivity index (χ2n) is 4.63. The number of nitrogens with one attached hydrogen (secondary N) is 1. The molecular weight excluding hydrogens is 302 g/mol. The maximum Gasteiger partial charge on any atom is 0.241 e. The SMILES string of the molecule is COc1ccc(-n2cnnc2)cc1NC(=O)[C@@H](N)CCSC. The number of methoxy groups -OCH3 is 1. The van der Waals surface area contributed by atoms with E-state index in [1.54, 1.807) is 48.2 Å². The van der Waals surface area contributed by atoms with Gasteiger partial charge in [0.1, 0.15) is 18.4 Å². The van der Waals surface area contributed by atoms with Gasteiger partial charge >= 0.3 is 0 Å². The fourth-order valence-corrected chi connectivity index (χ4v) is 2.38. The van der Waals surface area contributed by atoms with Gasteiger partial charge in [-0.1, -0.05) is 0 Å². The van der Waals surface area contributed by atoms with E-state index in [4.69, 9.17) is 10.5 Å². The maximum atomic E-state index is 12.2. The van der Waals surface area contributed by atoms with Crippen molar-refractivity contribution < 1.29 is 9.53 Å². The first-order chi connectivity index (χ1) is 10.7. The van der Waals surface area contributed by atoms with Crippen LogP contribution in [-0.2, 0) is 4.79 Å². The summed E-state index contributed by atoms with van der Waals surface area (Å²) in [6, 6.07) is 4.88. The molecule has 22 heavy (non-hydrogen) atoms. The van der Waals surface area contributed by atoms with E-state index in [2.05, 4.69) is 15.5 Å². The van der Waals surface area contributed by atoms with Crippen LogP contribution in [0.2, 0.25) is 0 Å². The zero-order valence-electron chi connectivity index (χ0n) is 12.5. The fraction of sp³-hybridized carbons (Fsp3) is 0.357. The predicted molar refractivity (Wildman–Crippen MR) is 87.5 cm³/mol. The van der Waals surface area contributed by atoms with E-state index in [1.807, 2.05) is 12.3 Å². The molecular formula is C14H19N5O2S. The van der Waals surface area contributed by atoms with Gasteiger partial charge in [-0.3, -0.25) is 9.36 Å². The first-order valence-electron chi connectivity index (χ1n) is 6.74. The summed E-state index contributed by atoms with van der Waals surface area (Å²) in [5, 5.41) is 10.4. The zero-order valence-corrected chi connectivity index (χ0v) is 13.3. The predicted octanol–water partition coefficient (Wildman–Crippen LogP) is 1.29. The highest BCUT2D eigenvalue weighted by Crippen LogP contribution is 2.27. The smallest absolute Gasteiger partial charge is 0.241 e. The number of rotatable bonds is 7. The molecule has 2 rings (SSSR count). The summed E-state index contributed by atoms with van der Waals surface area (Å²) in [5.41, 5.74) is 7.27. The molecule has 0 radical (unpaired) electrons. The summed E-state index contributed by atoms with van der Waals surface area (Å²) in [6.07, 6.45) is 5.77. The van der Waals surface area contributed by atoms with E-state index >= 15 is 0 Å². The van der Waals surface area contributed by atoms with Crippen LogP contribution in [0.3, 0.4) is 0 Å². The van der Waals surface area contributed by atoms with Crippen LogP contribution in [0, 0.1) is 0 Å². The van der Waals surface area contributed by atoms with Crippen LogP contribution in [0.15, 0.2) is 30.9 Å². The second kappa shape index (κ2) is 7.81. The summed E-state index contributed by atoms with van der Waals surface area (Å²) >= 11 is 1.66. The van der Waals surface area contributed by atoms with Crippen molar-refractivity contribution in [1.29, 1.82) is 0 Å². The molecule has 0 aliphatic heterocycles. The van der Waals surface area contributed by atoms with Crippen LogP contribution >= 0.6 is 11.8 Å². The van der Waals surface area contributed by atoms with Gasteiger partial charge in [-0.05, 0) is 36.6 Å². The highest BCUT2D eigenvalue weighted by Gasteiger charge is 2.15. The number of nitrogens with two attached hydrogens (primary N) is 1. The van der Waals surface area contributed by atoms with Crippen molar-refractivity contribution in [2.45, 2.75) is 12.5 Å². The molecule has 0 saturated carbocycles. The Morgan fingerprint density at radius 2 is 2.18 bits per heavy atom. The molecule has 2 aromatic rings. The maximum absolute atomic E-state index is 12.2. The van der Waals surface area contributed by atoms with E-state index in [0.29, 0.717) is 17.9 Å². The van der Waals surface area contributed by atoms with Crippen LogP contribution in [-0.4, -0.2) is 45.8 Å². The zero-order chi connectivity index (χ0) is 15.9. The van der Waals surface area contributed by atoms with Crippen molar-refractivity contribution in [1.82, 2.24) is 14.8 Å². The van der Waals surface area contributed by atoms with E-state index in [1.165, 1.54) is 0 Å². The Morgan fingerprint density at radius 3 is 2.82 bits per heavy atom. The minimum Gasteiger partial charge on any atom is -0.495 e. The number of hydrogen-bond donors (Lipinski definition) is 2. The van der Waals surface area contributed by atoms with Crippen LogP contribution in [0.5, 0.6) is 5.75 Å². The number of benzene rings is 1. The van der Waals surface area contributed by atoms with Crippen LogP contribution in [0.1, 0.15) is 6.42 Å². The molecule has 1 heterocycles. The average molecular weight is 321 g/mol. The van der Waals surface area contributed by atoms with Gasteiger partial charge < -0.3 is 15.8 Å². The lowest BCUT2D eigenvalue weighted by Gasteiger charge is -2.15. The van der Waals surface area contributed by atoms with Crippen LogP contribution < -0.4 is 15.8 Å². The first kappa shape index (κ1) is 16.3. The monoisotopic (exact) mass is 321 g/mol. The highest BCUT2D eigenvalue weighted by atomic mass is 32.2. The van der Waals surface area contributed by atoms with Gasteiger partial charge in [0, 0.05) is 0 Å². The second-order valence-corrected chi connectivity index (χ2v) is 5.62. The minimum atomic E-state index is -0.546. The summed E-state index contributed by atoms with van der Waals surface area (Å²) in [4.78, 5) is 12.2. The Labute approximate surface area is 133 Å². The molecule has 3 N–H and O–H groups in total. The quantitative estimate of drug-likeness (QED) is 0.798. The summed E-state index contributed by atoms with van der Waals surface area (Å²) < 4.78 is 7.02. The fourth-order valence-electron chi connectivity index (χ4n) is 1.89. The van der Waals surface area contributed by atoms with Gasteiger partial charge in [0.05, 0.1) is 24.5 Å². The normalized spacial score (nSPS) is 12.0. The number of ether oxygens (including phenoxy) is 1. The Bertz CT molecular complexity index is 618. The van der Waals surface area contributed by atoms with Gasteiger partial charge in [-0.25, -0.2) is 0 Å². The van der Waals surface area contributed by atoms with Crippen molar-refractivity contribution in [3.05, 3.63) is 30.9 Å². The average Bonchev–Trinajstić information content (AvgIpc) is 3.06. The number of nitrogens with zero attached hydrogens (tertiary/aromatic N) is 3. The van der Waals surface area contributed by atoms with Crippen LogP contribution in [0.25, 0.3) is 5.69 Å². The minimum absolute atomic E-state index is 0.228. The molecule has 0 aliphatic rings. The summed E-state index contributed by atoms with van der Waals surface area (Å²) in [7, 11) is 1.55. The van der Waals surface area contributed by atoms with Gasteiger partial charge in [0.2, 0.25) is 5.91 Å². The number of amides is 1. The molecule has 0 unspecified atom stereocenters. The van der Waals surface area contributed by atoms with Crippen molar-refractivity contribution >= 4 is 23.4 Å². The molecule has 0 saturated heterocycles. The lowest BCUT2D eigenvalue weighted by Crippen LogP contribution is -2.36. The van der Waals surface area contributed by atoms with Crippen molar-refractivity contribution in [3.63, 3.8) is 0 Å². The van der Waals surface area contributed by atoms with Crippen molar-refractivity contribution in [2.75, 3.05) is 24.4 Å². The standard InChI is InChI=1S/C14H19N5O2S/c1-21-13-4-3-10(19-8-16-17-9-19)7-12(13)18-14(20)11(15)5-6-22-2/h3-4,7-9,11H,5-6,15H2,1-2H3,(H,18,20)/t11-/m0/s1. The molecule has 1 atom stereocenters. The molecule has 8 heteroatoms. The Balaban J connectivity index is 2.18. The third-order valence-electron chi connectivity index (χ3n) is 3.13. The van der Waals surface area contributed by atoms with Gasteiger partial charge in [-0.2, -0.15) is 11.8 Å². The number of thioether (sulfide) groups is 1. The molecule has 1 aromatic heterocycles. The number of carbonyl (C=O) groups is 1. The topological polar surface area (TPSA) is 95.1 Å². The first-order valence-corrected chi connectivity index (χ1v) is 8.13. The lowest BCUT2D eigenvalue weighted by molar-refractivity contribution is -0.117. The summed E-state index contributed by atoms with van der Waals surface area (Å²) in [6.45, 7) is 0. The van der Waals surface area contributed by atoms with E-state index < -0.39 is 6.04 Å². The van der Waals surface area contributed by atoms with Gasteiger partial charge in [0.25, 0.3) is 0 Å². The van der Waals surface area contributed by atoms with Crippen molar-refractivity contribution in [2.24, 2.45) is 5.73 Å². The van der Waals surface area contributed by atoms with E-state index in [9.17, 15) is 4.79 Å². The highest BCUT2D eigenvalue weighted by molar-refractivity contribution is 7.98. The Hall–Kier alpha value is -2.06. The number of anilines is 1. The molecule has 0 aliphatic carbocycles. The van der Waals surface area contributed by atoms with E-state index in [-0.39, 0.29) is 5.91 Å². The lowest BCUT2D eigenvalue weighted by atomic mass is 10.2. The number of aromatic nitrogens is 3. The third-order valence-corrected chi connectivity index (χ3v) is 3.77. The number of carbonyl (C=O) groups excluding carboxylic acids is 1. The Morgan fingerprint density at radius 1 is 1.45 bits per heavy atom. The van der Waals surface area contributed by atoms with Gasteiger partial charge in [0.15, 0.2) is 0 Å². The molecule has 0 spiro atoms. The summed E-state index contributed by atoms with van der Waals surface area (Å²) in [5.74, 6) is 1.18. The third kappa shape index (κ3) is 3.99. The Kier molecular flexibility index (Phi) is 5.79. The van der Waals surface area contributed by atoms with E-state index in [0.717, 1.165) is 11.4 Å². The molecule has 0 bridgehead atoms. The number of hydrogen-bond acceptors (Lipinski definition) is 6. The van der Waals surface area contributed by atoms with Crippen LogP contribution in [0.4, 0.5) is 5.69 Å². The molecule has 1 aromatic carbocycles. The van der Waals surface area contributed by atoms with Gasteiger partial charge in [-0.15, -0.1) is 10.2 Å². The molecule has 118 valence electrons. The van der Waals surface area contributed by atoms with Crippen molar-refractivity contribution in [3.8, 4) is 11.4 Å². The molecule has 0 fully saturated rings. The molecule has 1 amide bonds.